The molecule has 0 radical (unpaired) electrons. The largest absolute Gasteiger partial charge is 0.489 e. The summed E-state index contributed by atoms with van der Waals surface area (Å²) in [5.74, 6) is 0.495. The van der Waals surface area contributed by atoms with Gasteiger partial charge in [0.2, 0.25) is 0 Å². The van der Waals surface area contributed by atoms with Gasteiger partial charge in [0, 0.05) is 23.8 Å². The number of rotatable bonds is 8. The number of carbonyl (C=O) groups excluding carboxylic acids is 1. The van der Waals surface area contributed by atoms with Gasteiger partial charge in [0.1, 0.15) is 12.4 Å². The Balaban J connectivity index is 0.00000341. The van der Waals surface area contributed by atoms with Crippen molar-refractivity contribution in [2.45, 2.75) is 20.0 Å². The van der Waals surface area contributed by atoms with Crippen LogP contribution in [-0.4, -0.2) is 19.0 Å². The number of hydrogen-bond acceptors (Lipinski definition) is 3. The molecule has 0 unspecified atom stereocenters. The molecule has 3 rings (SSSR count). The molecular weight excluding hydrogens is 455 g/mol. The summed E-state index contributed by atoms with van der Waals surface area (Å²) in [6.07, 6.45) is 1.02. The number of aryl methyl sites for hydroxylation is 1. The summed E-state index contributed by atoms with van der Waals surface area (Å²) in [4.78, 5) is 14.6. The zero-order valence-corrected chi connectivity index (χ0v) is 19.5. The molecule has 3 aromatic rings. The fourth-order valence-electron chi connectivity index (χ4n) is 3.05. The van der Waals surface area contributed by atoms with E-state index in [-0.39, 0.29) is 18.3 Å². The van der Waals surface area contributed by atoms with E-state index in [4.69, 9.17) is 33.7 Å². The van der Waals surface area contributed by atoms with Gasteiger partial charge >= 0.3 is 0 Å². The molecular formula is C24H25Cl3N2O2. The fraction of sp³-hybridized carbons (Fsp3) is 0.208. The van der Waals surface area contributed by atoms with E-state index in [1.165, 1.54) is 5.56 Å². The summed E-state index contributed by atoms with van der Waals surface area (Å²) in [5.41, 5.74) is 9.24. The van der Waals surface area contributed by atoms with Crippen molar-refractivity contribution in [2.75, 3.05) is 18.0 Å². The first kappa shape index (κ1) is 25.0. The van der Waals surface area contributed by atoms with Crippen molar-refractivity contribution in [3.8, 4) is 5.75 Å². The van der Waals surface area contributed by atoms with Gasteiger partial charge in [-0.05, 0) is 60.0 Å². The third kappa shape index (κ3) is 6.62. The summed E-state index contributed by atoms with van der Waals surface area (Å²) in [6.45, 7) is 3.30. The van der Waals surface area contributed by atoms with Crippen LogP contribution in [0.4, 0.5) is 5.69 Å². The highest BCUT2D eigenvalue weighted by Gasteiger charge is 2.20. The van der Waals surface area contributed by atoms with Crippen LogP contribution >= 0.6 is 35.6 Å². The first-order valence-electron chi connectivity index (χ1n) is 9.79. The molecule has 0 bridgehead atoms. The third-order valence-electron chi connectivity index (χ3n) is 4.74. The van der Waals surface area contributed by atoms with Gasteiger partial charge in [-0.1, -0.05) is 54.4 Å². The second kappa shape index (κ2) is 12.0. The van der Waals surface area contributed by atoms with Crippen LogP contribution in [0.3, 0.4) is 0 Å². The number of amides is 1. The summed E-state index contributed by atoms with van der Waals surface area (Å²) < 4.78 is 5.87. The first-order chi connectivity index (χ1) is 14.5. The lowest BCUT2D eigenvalue weighted by Gasteiger charge is -2.23. The Morgan fingerprint density at radius 3 is 2.19 bits per heavy atom. The Morgan fingerprint density at radius 2 is 1.61 bits per heavy atom. The van der Waals surface area contributed by atoms with Crippen molar-refractivity contribution in [1.29, 1.82) is 0 Å². The van der Waals surface area contributed by atoms with Gasteiger partial charge < -0.3 is 15.4 Å². The van der Waals surface area contributed by atoms with Crippen LogP contribution in [-0.2, 0) is 13.0 Å². The predicted molar refractivity (Wildman–Crippen MR) is 131 cm³/mol. The zero-order chi connectivity index (χ0) is 21.5. The van der Waals surface area contributed by atoms with Crippen LogP contribution in [0.5, 0.6) is 5.75 Å². The summed E-state index contributed by atoms with van der Waals surface area (Å²) in [6, 6.07) is 20.6. The minimum Gasteiger partial charge on any atom is -0.489 e. The number of nitrogens with two attached hydrogens (primary N) is 1. The third-order valence-corrected chi connectivity index (χ3v) is 5.29. The van der Waals surface area contributed by atoms with E-state index in [9.17, 15) is 4.79 Å². The minimum atomic E-state index is -0.230. The number of halogens is 3. The quantitative estimate of drug-likeness (QED) is 0.421. The second-order valence-electron chi connectivity index (χ2n) is 6.82. The van der Waals surface area contributed by atoms with Gasteiger partial charge in [-0.25, -0.2) is 0 Å². The predicted octanol–water partition coefficient (Wildman–Crippen LogP) is 6.16. The molecule has 0 fully saturated rings. The average Bonchev–Trinajstić information content (AvgIpc) is 2.76. The Morgan fingerprint density at radius 1 is 0.968 bits per heavy atom. The molecule has 0 saturated carbocycles. The SMILES string of the molecule is CCc1ccc(COc2ccc(N(CCN)C(=O)c3ccc(Cl)cc3Cl)cc2)cc1.Cl. The molecule has 0 spiro atoms. The molecule has 0 saturated heterocycles. The van der Waals surface area contributed by atoms with Gasteiger partial charge in [-0.3, -0.25) is 4.79 Å². The molecule has 2 N–H and O–H groups in total. The molecule has 0 aliphatic heterocycles. The molecule has 0 aliphatic rings. The lowest BCUT2D eigenvalue weighted by Crippen LogP contribution is -2.35. The fourth-order valence-corrected chi connectivity index (χ4v) is 3.53. The summed E-state index contributed by atoms with van der Waals surface area (Å²) in [5, 5.41) is 0.788. The highest BCUT2D eigenvalue weighted by molar-refractivity contribution is 6.37. The Bertz CT molecular complexity index is 993. The van der Waals surface area contributed by atoms with E-state index in [2.05, 4.69) is 31.2 Å². The van der Waals surface area contributed by atoms with E-state index in [0.29, 0.717) is 35.3 Å². The molecule has 0 atom stereocenters. The van der Waals surface area contributed by atoms with Gasteiger partial charge in [0.15, 0.2) is 0 Å². The van der Waals surface area contributed by atoms with E-state index in [1.807, 2.05) is 24.3 Å². The number of ether oxygens (including phenoxy) is 1. The van der Waals surface area contributed by atoms with E-state index >= 15 is 0 Å². The second-order valence-corrected chi connectivity index (χ2v) is 7.67. The van der Waals surface area contributed by atoms with Crippen molar-refractivity contribution in [1.82, 2.24) is 0 Å². The van der Waals surface area contributed by atoms with Gasteiger partial charge in [0.05, 0.1) is 10.6 Å². The molecule has 3 aromatic carbocycles. The smallest absolute Gasteiger partial charge is 0.259 e. The minimum absolute atomic E-state index is 0. The Kier molecular flexibility index (Phi) is 9.66. The van der Waals surface area contributed by atoms with Crippen molar-refractivity contribution < 1.29 is 9.53 Å². The molecule has 1 amide bonds. The van der Waals surface area contributed by atoms with Crippen molar-refractivity contribution in [2.24, 2.45) is 5.73 Å². The molecule has 0 aromatic heterocycles. The standard InChI is InChI=1S/C24H24Cl2N2O2.ClH/c1-2-17-3-5-18(6-4-17)16-30-21-10-8-20(9-11-21)28(14-13-27)24(29)22-12-7-19(25)15-23(22)26;/h3-12,15H,2,13-14,16,27H2,1H3;1H. The Hall–Kier alpha value is -2.24. The topological polar surface area (TPSA) is 55.6 Å². The normalized spacial score (nSPS) is 10.3. The van der Waals surface area contributed by atoms with E-state index < -0.39 is 0 Å². The maximum atomic E-state index is 13.0. The van der Waals surface area contributed by atoms with Crippen molar-refractivity contribution >= 4 is 47.2 Å². The molecule has 4 nitrogen and oxygen atoms in total. The monoisotopic (exact) mass is 478 g/mol. The van der Waals surface area contributed by atoms with Crippen LogP contribution in [0.25, 0.3) is 0 Å². The summed E-state index contributed by atoms with van der Waals surface area (Å²) >= 11 is 12.2. The van der Waals surface area contributed by atoms with Crippen LogP contribution in [0, 0.1) is 0 Å². The van der Waals surface area contributed by atoms with Gasteiger partial charge in [0.25, 0.3) is 5.91 Å². The lowest BCUT2D eigenvalue weighted by atomic mass is 10.1. The van der Waals surface area contributed by atoms with Crippen LogP contribution in [0.1, 0.15) is 28.4 Å². The van der Waals surface area contributed by atoms with Crippen LogP contribution < -0.4 is 15.4 Å². The Labute approximate surface area is 199 Å². The first-order valence-corrected chi connectivity index (χ1v) is 10.5. The maximum Gasteiger partial charge on any atom is 0.259 e. The average molecular weight is 480 g/mol. The highest BCUT2D eigenvalue weighted by Crippen LogP contribution is 2.26. The summed E-state index contributed by atoms with van der Waals surface area (Å²) in [7, 11) is 0. The van der Waals surface area contributed by atoms with E-state index in [1.54, 1.807) is 23.1 Å². The number of anilines is 1. The molecule has 7 heteroatoms. The number of carbonyl (C=O) groups is 1. The molecule has 0 heterocycles. The van der Waals surface area contributed by atoms with Gasteiger partial charge in [-0.15, -0.1) is 12.4 Å². The number of benzene rings is 3. The van der Waals surface area contributed by atoms with Crippen molar-refractivity contribution in [3.05, 3.63) is 93.5 Å². The highest BCUT2D eigenvalue weighted by atomic mass is 35.5. The molecule has 164 valence electrons. The van der Waals surface area contributed by atoms with Crippen molar-refractivity contribution in [3.63, 3.8) is 0 Å². The van der Waals surface area contributed by atoms with E-state index in [0.717, 1.165) is 23.4 Å². The lowest BCUT2D eigenvalue weighted by molar-refractivity contribution is 0.0987. The molecule has 0 aliphatic carbocycles. The van der Waals surface area contributed by atoms with Gasteiger partial charge in [-0.2, -0.15) is 0 Å². The van der Waals surface area contributed by atoms with Crippen LogP contribution in [0.2, 0.25) is 10.0 Å². The molecule has 31 heavy (non-hydrogen) atoms. The number of nitrogens with zero attached hydrogens (tertiary/aromatic N) is 1. The van der Waals surface area contributed by atoms with Crippen LogP contribution in [0.15, 0.2) is 66.7 Å². The zero-order valence-electron chi connectivity index (χ0n) is 17.2. The number of hydrogen-bond donors (Lipinski definition) is 1. The maximum absolute atomic E-state index is 13.0.